The van der Waals surface area contributed by atoms with Gasteiger partial charge < -0.3 is 0 Å². The van der Waals surface area contributed by atoms with Crippen LogP contribution in [0.15, 0.2) is 18.2 Å². The number of rotatable bonds is 1. The molecule has 3 heteroatoms. The van der Waals surface area contributed by atoms with Crippen LogP contribution in [0.3, 0.4) is 0 Å². The van der Waals surface area contributed by atoms with E-state index < -0.39 is 11.6 Å². The molecule has 0 amide bonds. The van der Waals surface area contributed by atoms with E-state index in [0.29, 0.717) is 12.8 Å². The summed E-state index contributed by atoms with van der Waals surface area (Å²) in [6, 6.07) is 3.87. The van der Waals surface area contributed by atoms with Gasteiger partial charge >= 0.3 is 0 Å². The molecule has 0 N–H and O–H groups in total. The molecule has 1 fully saturated rings. The van der Waals surface area contributed by atoms with Gasteiger partial charge in [0.25, 0.3) is 0 Å². The first-order valence-electron chi connectivity index (χ1n) is 4.63. The quantitative estimate of drug-likeness (QED) is 0.675. The number of ketones is 1. The van der Waals surface area contributed by atoms with Gasteiger partial charge in [-0.05, 0) is 30.0 Å². The van der Waals surface area contributed by atoms with Crippen LogP contribution in [0, 0.1) is 11.6 Å². The third-order valence-corrected chi connectivity index (χ3v) is 2.66. The zero-order valence-electron chi connectivity index (χ0n) is 7.59. The zero-order chi connectivity index (χ0) is 10.1. The van der Waals surface area contributed by atoms with E-state index in [9.17, 15) is 13.6 Å². The number of benzene rings is 1. The Labute approximate surface area is 80.7 Å². The number of hydrogen-bond acceptors (Lipinski definition) is 1. The molecule has 1 saturated carbocycles. The Bertz CT molecular complexity index is 374. The second-order valence-electron chi connectivity index (χ2n) is 3.65. The standard InChI is InChI=1S/C11H10F2O/c12-10-4-2-8(6-11(10)13)7-1-3-9(14)5-7/h2,4,6-7H,1,3,5H2/t7-/m1/s1. The predicted molar refractivity (Wildman–Crippen MR) is 48.0 cm³/mol. The topological polar surface area (TPSA) is 17.1 Å². The van der Waals surface area contributed by atoms with E-state index in [4.69, 9.17) is 0 Å². The molecule has 1 aliphatic carbocycles. The maximum absolute atomic E-state index is 12.9. The Morgan fingerprint density at radius 2 is 2.00 bits per heavy atom. The van der Waals surface area contributed by atoms with Crippen LogP contribution in [0.2, 0.25) is 0 Å². The van der Waals surface area contributed by atoms with Crippen LogP contribution in [0.1, 0.15) is 30.7 Å². The molecule has 2 rings (SSSR count). The van der Waals surface area contributed by atoms with E-state index in [1.807, 2.05) is 0 Å². The van der Waals surface area contributed by atoms with Gasteiger partial charge in [-0.25, -0.2) is 8.78 Å². The van der Waals surface area contributed by atoms with Gasteiger partial charge in [-0.2, -0.15) is 0 Å². The molecule has 74 valence electrons. The molecule has 1 aliphatic rings. The highest BCUT2D eigenvalue weighted by Crippen LogP contribution is 2.32. The van der Waals surface area contributed by atoms with E-state index in [0.717, 1.165) is 18.1 Å². The molecule has 0 bridgehead atoms. The molecular weight excluding hydrogens is 186 g/mol. The van der Waals surface area contributed by atoms with Gasteiger partial charge in [0.15, 0.2) is 11.6 Å². The van der Waals surface area contributed by atoms with Gasteiger partial charge in [-0.3, -0.25) is 4.79 Å². The maximum Gasteiger partial charge on any atom is 0.159 e. The van der Waals surface area contributed by atoms with Gasteiger partial charge in [0.05, 0.1) is 0 Å². The van der Waals surface area contributed by atoms with E-state index >= 15 is 0 Å². The lowest BCUT2D eigenvalue weighted by molar-refractivity contribution is -0.117. The van der Waals surface area contributed by atoms with Crippen molar-refractivity contribution in [2.24, 2.45) is 0 Å². The summed E-state index contributed by atoms with van der Waals surface area (Å²) in [5.74, 6) is -1.38. The summed E-state index contributed by atoms with van der Waals surface area (Å²) < 4.78 is 25.5. The molecule has 0 heterocycles. The highest BCUT2D eigenvalue weighted by atomic mass is 19.2. The van der Waals surface area contributed by atoms with E-state index in [1.165, 1.54) is 6.07 Å². The predicted octanol–water partition coefficient (Wildman–Crippen LogP) is 2.80. The summed E-state index contributed by atoms with van der Waals surface area (Å²) in [4.78, 5) is 11.0. The van der Waals surface area contributed by atoms with E-state index in [2.05, 4.69) is 0 Å². The lowest BCUT2D eigenvalue weighted by Crippen LogP contribution is -1.96. The summed E-state index contributed by atoms with van der Waals surface area (Å²) in [6.07, 6.45) is 1.78. The minimum atomic E-state index is -0.835. The largest absolute Gasteiger partial charge is 0.300 e. The molecular formula is C11H10F2O. The van der Waals surface area contributed by atoms with Crippen LogP contribution >= 0.6 is 0 Å². The first kappa shape index (κ1) is 9.31. The molecule has 1 nitrogen and oxygen atoms in total. The summed E-state index contributed by atoms with van der Waals surface area (Å²) in [7, 11) is 0. The monoisotopic (exact) mass is 196 g/mol. The molecule has 14 heavy (non-hydrogen) atoms. The molecule has 0 radical (unpaired) electrons. The highest BCUT2D eigenvalue weighted by molar-refractivity contribution is 5.81. The lowest BCUT2D eigenvalue weighted by Gasteiger charge is -2.08. The van der Waals surface area contributed by atoms with Crippen molar-refractivity contribution in [1.29, 1.82) is 0 Å². The average molecular weight is 196 g/mol. The normalized spacial score (nSPS) is 21.6. The van der Waals surface area contributed by atoms with E-state index in [1.54, 1.807) is 6.07 Å². The first-order valence-corrected chi connectivity index (χ1v) is 4.63. The molecule has 0 aromatic heterocycles. The fourth-order valence-corrected chi connectivity index (χ4v) is 1.86. The van der Waals surface area contributed by atoms with Crippen molar-refractivity contribution in [2.45, 2.75) is 25.2 Å². The minimum Gasteiger partial charge on any atom is -0.300 e. The van der Waals surface area contributed by atoms with Crippen LogP contribution in [0.5, 0.6) is 0 Å². The van der Waals surface area contributed by atoms with E-state index in [-0.39, 0.29) is 11.7 Å². The van der Waals surface area contributed by atoms with Crippen molar-refractivity contribution in [1.82, 2.24) is 0 Å². The average Bonchev–Trinajstić information content (AvgIpc) is 2.57. The van der Waals surface area contributed by atoms with Gasteiger partial charge in [0.1, 0.15) is 5.78 Å². The molecule has 0 aliphatic heterocycles. The molecule has 1 aromatic rings. The van der Waals surface area contributed by atoms with Gasteiger partial charge in [0, 0.05) is 12.8 Å². The zero-order valence-corrected chi connectivity index (χ0v) is 7.59. The third kappa shape index (κ3) is 1.67. The maximum atomic E-state index is 12.9. The van der Waals surface area contributed by atoms with Crippen LogP contribution in [0.4, 0.5) is 8.78 Å². The number of halogens is 2. The van der Waals surface area contributed by atoms with Crippen LogP contribution < -0.4 is 0 Å². The Kier molecular flexibility index (Phi) is 2.32. The minimum absolute atomic E-state index is 0.0811. The van der Waals surface area contributed by atoms with Crippen molar-refractivity contribution >= 4 is 5.78 Å². The van der Waals surface area contributed by atoms with Gasteiger partial charge in [0.2, 0.25) is 0 Å². The second kappa shape index (κ2) is 3.48. The fraction of sp³-hybridized carbons (Fsp3) is 0.364. The second-order valence-corrected chi connectivity index (χ2v) is 3.65. The molecule has 1 atom stereocenters. The number of carbonyl (C=O) groups is 1. The fourth-order valence-electron chi connectivity index (χ4n) is 1.86. The lowest BCUT2D eigenvalue weighted by atomic mass is 9.98. The van der Waals surface area contributed by atoms with Crippen LogP contribution in [-0.4, -0.2) is 5.78 Å². The van der Waals surface area contributed by atoms with Crippen LogP contribution in [-0.2, 0) is 4.79 Å². The molecule has 0 spiro atoms. The SMILES string of the molecule is O=C1CC[C@@H](c2ccc(F)c(F)c2)C1. The van der Waals surface area contributed by atoms with Gasteiger partial charge in [-0.15, -0.1) is 0 Å². The third-order valence-electron chi connectivity index (χ3n) is 2.66. The molecule has 0 saturated heterocycles. The summed E-state index contributed by atoms with van der Waals surface area (Å²) >= 11 is 0. The summed E-state index contributed by atoms with van der Waals surface area (Å²) in [5, 5.41) is 0. The van der Waals surface area contributed by atoms with Crippen molar-refractivity contribution in [3.05, 3.63) is 35.4 Å². The summed E-state index contributed by atoms with van der Waals surface area (Å²) in [6.45, 7) is 0. The Morgan fingerprint density at radius 3 is 2.57 bits per heavy atom. The number of hydrogen-bond donors (Lipinski definition) is 0. The van der Waals surface area contributed by atoms with Crippen molar-refractivity contribution in [2.75, 3.05) is 0 Å². The smallest absolute Gasteiger partial charge is 0.159 e. The highest BCUT2D eigenvalue weighted by Gasteiger charge is 2.24. The summed E-state index contributed by atoms with van der Waals surface area (Å²) in [5.41, 5.74) is 0.731. The Hall–Kier alpha value is -1.25. The van der Waals surface area contributed by atoms with Crippen molar-refractivity contribution in [3.63, 3.8) is 0 Å². The van der Waals surface area contributed by atoms with Crippen molar-refractivity contribution in [3.8, 4) is 0 Å². The number of carbonyl (C=O) groups excluding carboxylic acids is 1. The molecule has 0 unspecified atom stereocenters. The van der Waals surface area contributed by atoms with Crippen LogP contribution in [0.25, 0.3) is 0 Å². The molecule has 1 aromatic carbocycles. The van der Waals surface area contributed by atoms with Crippen molar-refractivity contribution < 1.29 is 13.6 Å². The number of Topliss-reactive ketones (excluding diaryl/α,β-unsaturated/α-hetero) is 1. The Morgan fingerprint density at radius 1 is 1.21 bits per heavy atom. The van der Waals surface area contributed by atoms with Gasteiger partial charge in [-0.1, -0.05) is 6.07 Å². The Balaban J connectivity index is 2.24. The first-order chi connectivity index (χ1) is 6.66.